The molecule has 0 bridgehead atoms. The summed E-state index contributed by atoms with van der Waals surface area (Å²) < 4.78 is 4.81. The number of rotatable bonds is 3. The summed E-state index contributed by atoms with van der Waals surface area (Å²) in [7, 11) is 0. The maximum atomic E-state index is 12.0. The molecule has 1 N–H and O–H groups in total. The summed E-state index contributed by atoms with van der Waals surface area (Å²) in [5, 5.41) is 8.78. The molecule has 1 aromatic heterocycles. The number of furan rings is 1. The Morgan fingerprint density at radius 2 is 2.06 bits per heavy atom. The van der Waals surface area contributed by atoms with Crippen molar-refractivity contribution in [1.29, 1.82) is 0 Å². The van der Waals surface area contributed by atoms with Crippen LogP contribution < -0.4 is 0 Å². The highest BCUT2D eigenvalue weighted by molar-refractivity contribution is 5.95. The lowest BCUT2D eigenvalue weighted by Gasteiger charge is -2.34. The Morgan fingerprint density at radius 3 is 2.44 bits per heavy atom. The number of carbonyl (C=O) groups excluding carboxylic acids is 1. The van der Waals surface area contributed by atoms with Gasteiger partial charge in [0, 0.05) is 5.54 Å². The van der Waals surface area contributed by atoms with Crippen LogP contribution in [-0.4, -0.2) is 34.0 Å². The van der Waals surface area contributed by atoms with Gasteiger partial charge in [-0.3, -0.25) is 9.59 Å². The summed E-state index contributed by atoms with van der Waals surface area (Å²) in [4.78, 5) is 24.0. The first-order chi connectivity index (χ1) is 7.32. The van der Waals surface area contributed by atoms with Crippen molar-refractivity contribution in [3.8, 4) is 0 Å². The number of carboxylic acids is 1. The van der Waals surface area contributed by atoms with Crippen molar-refractivity contribution in [2.75, 3.05) is 6.54 Å². The summed E-state index contributed by atoms with van der Waals surface area (Å²) in [5.74, 6) is -1.38. The minimum Gasteiger partial charge on any atom is -0.480 e. The van der Waals surface area contributed by atoms with Crippen molar-refractivity contribution < 1.29 is 19.1 Å². The van der Waals surface area contributed by atoms with Crippen LogP contribution >= 0.6 is 0 Å². The van der Waals surface area contributed by atoms with Crippen LogP contribution in [0, 0.1) is 0 Å². The van der Waals surface area contributed by atoms with E-state index in [1.54, 1.807) is 20.8 Å². The van der Waals surface area contributed by atoms with Crippen LogP contribution in [0.3, 0.4) is 0 Å². The van der Waals surface area contributed by atoms with Crippen molar-refractivity contribution in [3.05, 3.63) is 24.2 Å². The predicted octanol–water partition coefficient (Wildman–Crippen LogP) is 1.60. The Balaban J connectivity index is 2.94. The number of amides is 1. The molecule has 0 unspecified atom stereocenters. The fourth-order valence-electron chi connectivity index (χ4n) is 1.29. The van der Waals surface area contributed by atoms with Gasteiger partial charge >= 0.3 is 5.97 Å². The van der Waals surface area contributed by atoms with Crippen molar-refractivity contribution in [2.24, 2.45) is 0 Å². The molecule has 1 amide bonds. The van der Waals surface area contributed by atoms with E-state index in [-0.39, 0.29) is 12.5 Å². The first kappa shape index (κ1) is 12.3. The maximum Gasteiger partial charge on any atom is 0.323 e. The summed E-state index contributed by atoms with van der Waals surface area (Å²) in [6, 6.07) is 1.52. The molecule has 5 heteroatoms. The zero-order valence-corrected chi connectivity index (χ0v) is 9.56. The molecular formula is C11H15NO4. The second-order valence-corrected chi connectivity index (χ2v) is 4.47. The fraction of sp³-hybridized carbons (Fsp3) is 0.455. The molecule has 0 aliphatic rings. The van der Waals surface area contributed by atoms with E-state index in [1.807, 2.05) is 0 Å². The number of hydrogen-bond acceptors (Lipinski definition) is 3. The largest absolute Gasteiger partial charge is 0.480 e. The van der Waals surface area contributed by atoms with Crippen LogP contribution in [0.2, 0.25) is 0 Å². The standard InChI is InChI=1S/C11H15NO4/c1-11(2,3)12(6-9(13)14)10(15)8-4-5-16-7-8/h4-5,7H,6H2,1-3H3,(H,13,14). The van der Waals surface area contributed by atoms with Crippen molar-refractivity contribution in [2.45, 2.75) is 26.3 Å². The molecule has 1 heterocycles. The van der Waals surface area contributed by atoms with E-state index >= 15 is 0 Å². The molecule has 0 fully saturated rings. The van der Waals surface area contributed by atoms with E-state index < -0.39 is 11.5 Å². The van der Waals surface area contributed by atoms with E-state index in [4.69, 9.17) is 9.52 Å². The number of aliphatic carboxylic acids is 1. The average Bonchev–Trinajstić information content (AvgIpc) is 2.63. The molecule has 0 aliphatic heterocycles. The number of hydrogen-bond donors (Lipinski definition) is 1. The van der Waals surface area contributed by atoms with Crippen LogP contribution in [0.25, 0.3) is 0 Å². The van der Waals surface area contributed by atoms with Gasteiger partial charge in [0.1, 0.15) is 12.8 Å². The number of nitrogens with zero attached hydrogens (tertiary/aromatic N) is 1. The third-order valence-electron chi connectivity index (χ3n) is 2.12. The van der Waals surface area contributed by atoms with Gasteiger partial charge in [0.25, 0.3) is 5.91 Å². The molecule has 0 radical (unpaired) electrons. The second kappa shape index (κ2) is 4.38. The zero-order chi connectivity index (χ0) is 12.3. The van der Waals surface area contributed by atoms with Gasteiger partial charge in [-0.05, 0) is 26.8 Å². The Hall–Kier alpha value is -1.78. The molecule has 16 heavy (non-hydrogen) atoms. The second-order valence-electron chi connectivity index (χ2n) is 4.47. The number of carbonyl (C=O) groups is 2. The quantitative estimate of drug-likeness (QED) is 0.848. The molecule has 1 rings (SSSR count). The maximum absolute atomic E-state index is 12.0. The summed E-state index contributed by atoms with van der Waals surface area (Å²) >= 11 is 0. The Kier molecular flexibility index (Phi) is 3.37. The predicted molar refractivity (Wildman–Crippen MR) is 57.1 cm³/mol. The van der Waals surface area contributed by atoms with E-state index in [0.29, 0.717) is 5.56 Å². The van der Waals surface area contributed by atoms with Crippen molar-refractivity contribution in [3.63, 3.8) is 0 Å². The molecule has 0 saturated heterocycles. The molecule has 1 aromatic rings. The van der Waals surface area contributed by atoms with Gasteiger partial charge in [0.05, 0.1) is 11.8 Å². The van der Waals surface area contributed by atoms with E-state index in [2.05, 4.69) is 0 Å². The Morgan fingerprint density at radius 1 is 1.44 bits per heavy atom. The van der Waals surface area contributed by atoms with Crippen LogP contribution in [0.1, 0.15) is 31.1 Å². The summed E-state index contributed by atoms with van der Waals surface area (Å²) in [6.45, 7) is 5.03. The van der Waals surface area contributed by atoms with Crippen LogP contribution in [0.15, 0.2) is 23.0 Å². The van der Waals surface area contributed by atoms with Crippen molar-refractivity contribution >= 4 is 11.9 Å². The summed E-state index contributed by atoms with van der Waals surface area (Å²) in [6.07, 6.45) is 2.69. The third kappa shape index (κ3) is 2.85. The lowest BCUT2D eigenvalue weighted by atomic mass is 10.0. The lowest BCUT2D eigenvalue weighted by molar-refractivity contribution is -0.138. The van der Waals surface area contributed by atoms with Crippen LogP contribution in [-0.2, 0) is 4.79 Å². The third-order valence-corrected chi connectivity index (χ3v) is 2.12. The smallest absolute Gasteiger partial charge is 0.323 e. The molecule has 0 aliphatic carbocycles. The van der Waals surface area contributed by atoms with Gasteiger partial charge in [-0.25, -0.2) is 0 Å². The molecule has 0 spiro atoms. The monoisotopic (exact) mass is 225 g/mol. The van der Waals surface area contributed by atoms with Gasteiger partial charge in [-0.1, -0.05) is 0 Å². The topological polar surface area (TPSA) is 70.8 Å². The van der Waals surface area contributed by atoms with Gasteiger partial charge in [0.2, 0.25) is 0 Å². The average molecular weight is 225 g/mol. The minimum atomic E-state index is -1.04. The highest BCUT2D eigenvalue weighted by atomic mass is 16.4. The van der Waals surface area contributed by atoms with Crippen LogP contribution in [0.5, 0.6) is 0 Å². The normalized spacial score (nSPS) is 11.2. The van der Waals surface area contributed by atoms with Gasteiger partial charge in [-0.15, -0.1) is 0 Å². The highest BCUT2D eigenvalue weighted by Crippen LogP contribution is 2.17. The summed E-state index contributed by atoms with van der Waals surface area (Å²) in [5.41, 5.74) is -0.191. The lowest BCUT2D eigenvalue weighted by Crippen LogP contribution is -2.48. The molecule has 0 atom stereocenters. The van der Waals surface area contributed by atoms with E-state index in [9.17, 15) is 9.59 Å². The van der Waals surface area contributed by atoms with Crippen LogP contribution in [0.4, 0.5) is 0 Å². The van der Waals surface area contributed by atoms with E-state index in [0.717, 1.165) is 0 Å². The Bertz CT molecular complexity index is 375. The molecule has 88 valence electrons. The van der Waals surface area contributed by atoms with Gasteiger partial charge in [0.15, 0.2) is 0 Å². The highest BCUT2D eigenvalue weighted by Gasteiger charge is 2.29. The first-order valence-electron chi connectivity index (χ1n) is 4.88. The molecule has 0 saturated carbocycles. The Labute approximate surface area is 93.7 Å². The van der Waals surface area contributed by atoms with Gasteiger partial charge in [-0.2, -0.15) is 0 Å². The van der Waals surface area contributed by atoms with E-state index in [1.165, 1.54) is 23.5 Å². The van der Waals surface area contributed by atoms with Crippen molar-refractivity contribution in [1.82, 2.24) is 4.90 Å². The molecular weight excluding hydrogens is 210 g/mol. The molecule has 0 aromatic carbocycles. The zero-order valence-electron chi connectivity index (χ0n) is 9.56. The fourth-order valence-corrected chi connectivity index (χ4v) is 1.29. The SMILES string of the molecule is CC(C)(C)N(CC(=O)O)C(=O)c1ccoc1. The molecule has 5 nitrogen and oxygen atoms in total. The number of carboxylic acid groups (broad SMARTS) is 1. The van der Waals surface area contributed by atoms with Gasteiger partial charge < -0.3 is 14.4 Å². The minimum absolute atomic E-state index is 0.326. The first-order valence-corrected chi connectivity index (χ1v) is 4.88.